The predicted molar refractivity (Wildman–Crippen MR) is 62.8 cm³/mol. The lowest BCUT2D eigenvalue weighted by molar-refractivity contribution is 0.877. The number of anilines is 1. The molecule has 0 unspecified atom stereocenters. The summed E-state index contributed by atoms with van der Waals surface area (Å²) in [6.07, 6.45) is 0. The fraction of sp³-hybridized carbons (Fsp3) is 0.667. The van der Waals surface area contributed by atoms with E-state index in [4.69, 9.17) is 0 Å². The summed E-state index contributed by atoms with van der Waals surface area (Å²) in [4.78, 5) is 7.95. The van der Waals surface area contributed by atoms with E-state index in [0.717, 1.165) is 16.3 Å². The molecule has 0 aliphatic heterocycles. The van der Waals surface area contributed by atoms with Gasteiger partial charge in [0.15, 0.2) is 5.13 Å². The molecular weight excluding hydrogens is 248 g/mol. The SMILES string of the molecule is CCN(C)c1nc(Br)c(C(C)C)s1. The molecule has 0 saturated carbocycles. The maximum atomic E-state index is 4.46. The number of rotatable bonds is 3. The third-order valence-corrected chi connectivity index (χ3v) is 4.26. The van der Waals surface area contributed by atoms with E-state index in [1.807, 2.05) is 0 Å². The lowest BCUT2D eigenvalue weighted by Crippen LogP contribution is -2.15. The molecule has 0 spiro atoms. The van der Waals surface area contributed by atoms with Gasteiger partial charge in [-0.25, -0.2) is 4.98 Å². The zero-order valence-electron chi connectivity index (χ0n) is 8.47. The molecule has 4 heteroatoms. The van der Waals surface area contributed by atoms with E-state index in [9.17, 15) is 0 Å². The summed E-state index contributed by atoms with van der Waals surface area (Å²) < 4.78 is 1.00. The Balaban J connectivity index is 2.95. The molecule has 1 aromatic rings. The first-order chi connectivity index (χ1) is 6.06. The van der Waals surface area contributed by atoms with E-state index in [2.05, 4.69) is 53.6 Å². The van der Waals surface area contributed by atoms with Gasteiger partial charge in [-0.3, -0.25) is 0 Å². The van der Waals surface area contributed by atoms with Gasteiger partial charge in [0.2, 0.25) is 0 Å². The standard InChI is InChI=1S/C9H15BrN2S/c1-5-12(4)9-11-8(10)7(13-9)6(2)3/h6H,5H2,1-4H3. The average Bonchev–Trinajstić information content (AvgIpc) is 2.46. The second-order valence-electron chi connectivity index (χ2n) is 3.32. The molecule has 0 aliphatic rings. The van der Waals surface area contributed by atoms with Crippen molar-refractivity contribution in [2.75, 3.05) is 18.5 Å². The molecule has 0 aromatic carbocycles. The van der Waals surface area contributed by atoms with Crippen molar-refractivity contribution in [3.8, 4) is 0 Å². The van der Waals surface area contributed by atoms with Gasteiger partial charge < -0.3 is 4.90 Å². The van der Waals surface area contributed by atoms with E-state index >= 15 is 0 Å². The van der Waals surface area contributed by atoms with Crippen LogP contribution in [0.3, 0.4) is 0 Å². The summed E-state index contributed by atoms with van der Waals surface area (Å²) in [6.45, 7) is 7.50. The second kappa shape index (κ2) is 4.42. The van der Waals surface area contributed by atoms with E-state index in [1.165, 1.54) is 4.88 Å². The van der Waals surface area contributed by atoms with Crippen LogP contribution in [0.2, 0.25) is 0 Å². The Hall–Kier alpha value is -0.0900. The molecule has 0 radical (unpaired) electrons. The minimum absolute atomic E-state index is 0.547. The van der Waals surface area contributed by atoms with E-state index < -0.39 is 0 Å². The Kier molecular flexibility index (Phi) is 3.74. The summed E-state index contributed by atoms with van der Waals surface area (Å²) in [5.41, 5.74) is 0. The lowest BCUT2D eigenvalue weighted by Gasteiger charge is -2.11. The van der Waals surface area contributed by atoms with E-state index in [-0.39, 0.29) is 0 Å². The van der Waals surface area contributed by atoms with Gasteiger partial charge in [0, 0.05) is 18.5 Å². The van der Waals surface area contributed by atoms with Crippen LogP contribution in [-0.4, -0.2) is 18.6 Å². The van der Waals surface area contributed by atoms with Crippen molar-refractivity contribution >= 4 is 32.4 Å². The van der Waals surface area contributed by atoms with Gasteiger partial charge in [0.25, 0.3) is 0 Å². The summed E-state index contributed by atoms with van der Waals surface area (Å²) in [5.74, 6) is 0.547. The van der Waals surface area contributed by atoms with Crippen LogP contribution in [0.5, 0.6) is 0 Å². The van der Waals surface area contributed by atoms with Crippen molar-refractivity contribution in [2.45, 2.75) is 26.7 Å². The molecule has 2 nitrogen and oxygen atoms in total. The van der Waals surface area contributed by atoms with Crippen molar-refractivity contribution < 1.29 is 0 Å². The fourth-order valence-corrected chi connectivity index (χ4v) is 2.93. The third-order valence-electron chi connectivity index (χ3n) is 1.92. The summed E-state index contributed by atoms with van der Waals surface area (Å²) in [6, 6.07) is 0. The fourth-order valence-electron chi connectivity index (χ4n) is 0.957. The van der Waals surface area contributed by atoms with Crippen LogP contribution in [0.15, 0.2) is 4.60 Å². The Morgan fingerprint density at radius 2 is 2.15 bits per heavy atom. The Labute approximate surface area is 92.1 Å². The van der Waals surface area contributed by atoms with Crippen LogP contribution in [0.4, 0.5) is 5.13 Å². The molecule has 0 saturated heterocycles. The molecule has 0 bridgehead atoms. The first-order valence-corrected chi connectivity index (χ1v) is 6.04. The summed E-state index contributed by atoms with van der Waals surface area (Å²) in [5, 5.41) is 1.10. The molecule has 13 heavy (non-hydrogen) atoms. The van der Waals surface area contributed by atoms with Crippen molar-refractivity contribution in [1.82, 2.24) is 4.98 Å². The van der Waals surface area contributed by atoms with Gasteiger partial charge >= 0.3 is 0 Å². The third kappa shape index (κ3) is 2.44. The molecule has 1 heterocycles. The van der Waals surface area contributed by atoms with Crippen LogP contribution in [0, 0.1) is 0 Å². The first kappa shape index (κ1) is 11.0. The minimum Gasteiger partial charge on any atom is -0.351 e. The first-order valence-electron chi connectivity index (χ1n) is 4.43. The van der Waals surface area contributed by atoms with Crippen molar-refractivity contribution in [2.24, 2.45) is 0 Å². The topological polar surface area (TPSA) is 16.1 Å². The number of nitrogens with zero attached hydrogens (tertiary/aromatic N) is 2. The number of aromatic nitrogens is 1. The Morgan fingerprint density at radius 3 is 2.54 bits per heavy atom. The smallest absolute Gasteiger partial charge is 0.186 e. The van der Waals surface area contributed by atoms with Crippen molar-refractivity contribution in [1.29, 1.82) is 0 Å². The highest BCUT2D eigenvalue weighted by atomic mass is 79.9. The molecule has 1 aromatic heterocycles. The maximum Gasteiger partial charge on any atom is 0.186 e. The highest BCUT2D eigenvalue weighted by molar-refractivity contribution is 9.10. The summed E-state index contributed by atoms with van der Waals surface area (Å²) >= 11 is 5.26. The number of hydrogen-bond acceptors (Lipinski definition) is 3. The molecule has 0 N–H and O–H groups in total. The van der Waals surface area contributed by atoms with Crippen LogP contribution in [0.25, 0.3) is 0 Å². The van der Waals surface area contributed by atoms with Crippen LogP contribution >= 0.6 is 27.3 Å². The largest absolute Gasteiger partial charge is 0.351 e. The van der Waals surface area contributed by atoms with Gasteiger partial charge in [-0.05, 0) is 28.8 Å². The second-order valence-corrected chi connectivity index (χ2v) is 5.08. The number of halogens is 1. The zero-order chi connectivity index (χ0) is 10.0. The maximum absolute atomic E-state index is 4.46. The van der Waals surface area contributed by atoms with Crippen LogP contribution in [0.1, 0.15) is 31.6 Å². The molecule has 0 amide bonds. The molecule has 0 aliphatic carbocycles. The molecule has 1 rings (SSSR count). The molecular formula is C9H15BrN2S. The summed E-state index contributed by atoms with van der Waals surface area (Å²) in [7, 11) is 2.06. The predicted octanol–water partition coefficient (Wildman–Crippen LogP) is 3.49. The zero-order valence-corrected chi connectivity index (χ0v) is 10.9. The number of hydrogen-bond donors (Lipinski definition) is 0. The van der Waals surface area contributed by atoms with Gasteiger partial charge in [-0.2, -0.15) is 0 Å². The van der Waals surface area contributed by atoms with Gasteiger partial charge in [-0.1, -0.05) is 13.8 Å². The van der Waals surface area contributed by atoms with Crippen LogP contribution in [-0.2, 0) is 0 Å². The molecule has 0 fully saturated rings. The lowest BCUT2D eigenvalue weighted by atomic mass is 10.2. The average molecular weight is 263 g/mol. The quantitative estimate of drug-likeness (QED) is 0.829. The van der Waals surface area contributed by atoms with Gasteiger partial charge in [0.05, 0.1) is 0 Å². The number of thiazole rings is 1. The van der Waals surface area contributed by atoms with E-state index in [1.54, 1.807) is 11.3 Å². The molecule has 74 valence electrons. The van der Waals surface area contributed by atoms with Gasteiger partial charge in [0.1, 0.15) is 4.60 Å². The highest BCUT2D eigenvalue weighted by Gasteiger charge is 2.13. The van der Waals surface area contributed by atoms with E-state index in [0.29, 0.717) is 5.92 Å². The normalized spacial score (nSPS) is 10.9. The Bertz CT molecular complexity index is 283. The Morgan fingerprint density at radius 1 is 1.54 bits per heavy atom. The van der Waals surface area contributed by atoms with Crippen molar-refractivity contribution in [3.63, 3.8) is 0 Å². The van der Waals surface area contributed by atoms with Crippen molar-refractivity contribution in [3.05, 3.63) is 9.48 Å². The minimum atomic E-state index is 0.547. The van der Waals surface area contributed by atoms with Crippen LogP contribution < -0.4 is 4.90 Å². The monoisotopic (exact) mass is 262 g/mol. The molecule has 0 atom stereocenters. The highest BCUT2D eigenvalue weighted by Crippen LogP contribution is 2.34. The van der Waals surface area contributed by atoms with Gasteiger partial charge in [-0.15, -0.1) is 11.3 Å².